The molecule has 0 spiro atoms. The fourth-order valence-corrected chi connectivity index (χ4v) is 1.37. The van der Waals surface area contributed by atoms with E-state index in [0.717, 1.165) is 6.42 Å². The molecule has 3 unspecified atom stereocenters. The maximum absolute atomic E-state index is 11.9. The van der Waals surface area contributed by atoms with E-state index in [4.69, 9.17) is 9.84 Å². The Kier molecular flexibility index (Phi) is 2.63. The summed E-state index contributed by atoms with van der Waals surface area (Å²) in [6.07, 6.45) is -0.0186. The number of alkyl halides is 1. The average Bonchev–Trinajstić information content (AvgIpc) is 2.34. The number of aliphatic hydroxyl groups is 1. The molecule has 0 aromatic heterocycles. The fourth-order valence-electron chi connectivity index (χ4n) is 1.37. The highest BCUT2D eigenvalue weighted by molar-refractivity contribution is 4.78. The Morgan fingerprint density at radius 3 is 2.90 bits per heavy atom. The summed E-state index contributed by atoms with van der Waals surface area (Å²) in [6, 6.07) is 0. The lowest BCUT2D eigenvalue weighted by Crippen LogP contribution is -2.27. The third-order valence-corrected chi connectivity index (χ3v) is 2.09. The summed E-state index contributed by atoms with van der Waals surface area (Å²) in [4.78, 5) is 0. The molecule has 10 heavy (non-hydrogen) atoms. The predicted molar refractivity (Wildman–Crippen MR) is 35.5 cm³/mol. The molecule has 1 rings (SSSR count). The highest BCUT2D eigenvalue weighted by atomic mass is 19.1. The SMILES string of the molecule is CC1OCCC1C(O)CF. The van der Waals surface area contributed by atoms with Crippen molar-refractivity contribution < 1.29 is 14.2 Å². The zero-order chi connectivity index (χ0) is 7.56. The van der Waals surface area contributed by atoms with E-state index in [-0.39, 0.29) is 12.0 Å². The largest absolute Gasteiger partial charge is 0.390 e. The van der Waals surface area contributed by atoms with Gasteiger partial charge < -0.3 is 9.84 Å². The third kappa shape index (κ3) is 1.47. The van der Waals surface area contributed by atoms with Crippen molar-refractivity contribution in [3.05, 3.63) is 0 Å². The van der Waals surface area contributed by atoms with Gasteiger partial charge in [-0.2, -0.15) is 0 Å². The Hall–Kier alpha value is -0.150. The van der Waals surface area contributed by atoms with Crippen molar-refractivity contribution in [2.45, 2.75) is 25.6 Å². The first-order valence-corrected chi connectivity index (χ1v) is 3.61. The van der Waals surface area contributed by atoms with Crippen LogP contribution in [0, 0.1) is 5.92 Å². The van der Waals surface area contributed by atoms with Crippen LogP contribution in [0.3, 0.4) is 0 Å². The number of hydrogen-bond acceptors (Lipinski definition) is 2. The minimum atomic E-state index is -0.822. The Labute approximate surface area is 60.0 Å². The second-order valence-corrected chi connectivity index (χ2v) is 2.75. The molecule has 0 saturated carbocycles. The molecule has 0 aromatic rings. The highest BCUT2D eigenvalue weighted by Gasteiger charge is 2.30. The van der Waals surface area contributed by atoms with Crippen LogP contribution < -0.4 is 0 Å². The second kappa shape index (κ2) is 3.30. The molecule has 1 heterocycles. The monoisotopic (exact) mass is 148 g/mol. The Bertz CT molecular complexity index is 108. The first-order chi connectivity index (χ1) is 4.75. The van der Waals surface area contributed by atoms with Crippen molar-refractivity contribution in [1.29, 1.82) is 0 Å². The van der Waals surface area contributed by atoms with E-state index in [9.17, 15) is 4.39 Å². The maximum atomic E-state index is 11.9. The van der Waals surface area contributed by atoms with Crippen LogP contribution in [0.1, 0.15) is 13.3 Å². The molecule has 1 aliphatic rings. The predicted octanol–water partition coefficient (Wildman–Crippen LogP) is 0.742. The molecular formula is C7H13FO2. The van der Waals surface area contributed by atoms with Crippen molar-refractivity contribution in [2.24, 2.45) is 5.92 Å². The molecule has 1 aliphatic heterocycles. The lowest BCUT2D eigenvalue weighted by Gasteiger charge is -2.17. The van der Waals surface area contributed by atoms with Crippen LogP contribution in [0.4, 0.5) is 4.39 Å². The quantitative estimate of drug-likeness (QED) is 0.626. The number of halogens is 1. The molecule has 3 atom stereocenters. The minimum absolute atomic E-state index is 0.00463. The topological polar surface area (TPSA) is 29.5 Å². The van der Waals surface area contributed by atoms with Gasteiger partial charge in [-0.05, 0) is 13.3 Å². The van der Waals surface area contributed by atoms with Crippen molar-refractivity contribution >= 4 is 0 Å². The zero-order valence-electron chi connectivity index (χ0n) is 6.09. The number of aliphatic hydroxyl groups excluding tert-OH is 1. The van der Waals surface area contributed by atoms with Crippen LogP contribution in [0.2, 0.25) is 0 Å². The van der Waals surface area contributed by atoms with Gasteiger partial charge in [0, 0.05) is 12.5 Å². The Morgan fingerprint density at radius 1 is 1.80 bits per heavy atom. The van der Waals surface area contributed by atoms with E-state index in [2.05, 4.69) is 0 Å². The summed E-state index contributed by atoms with van der Waals surface area (Å²) in [6.45, 7) is 1.87. The molecule has 0 aromatic carbocycles. The van der Waals surface area contributed by atoms with Crippen LogP contribution in [-0.2, 0) is 4.74 Å². The fraction of sp³-hybridized carbons (Fsp3) is 1.00. The molecule has 1 fully saturated rings. The summed E-state index contributed by atoms with van der Waals surface area (Å²) in [5.74, 6) is 0.00463. The molecule has 0 radical (unpaired) electrons. The summed E-state index contributed by atoms with van der Waals surface area (Å²) >= 11 is 0. The molecule has 3 heteroatoms. The van der Waals surface area contributed by atoms with Crippen LogP contribution in [0.15, 0.2) is 0 Å². The molecule has 0 bridgehead atoms. The maximum Gasteiger partial charge on any atom is 0.116 e. The van der Waals surface area contributed by atoms with Crippen molar-refractivity contribution in [1.82, 2.24) is 0 Å². The van der Waals surface area contributed by atoms with E-state index in [1.54, 1.807) is 0 Å². The van der Waals surface area contributed by atoms with Gasteiger partial charge in [0.25, 0.3) is 0 Å². The highest BCUT2D eigenvalue weighted by Crippen LogP contribution is 2.23. The van der Waals surface area contributed by atoms with Crippen LogP contribution >= 0.6 is 0 Å². The van der Waals surface area contributed by atoms with Crippen molar-refractivity contribution in [3.63, 3.8) is 0 Å². The van der Waals surface area contributed by atoms with E-state index >= 15 is 0 Å². The van der Waals surface area contributed by atoms with E-state index in [1.165, 1.54) is 0 Å². The normalized spacial score (nSPS) is 36.3. The smallest absolute Gasteiger partial charge is 0.116 e. The van der Waals surface area contributed by atoms with Crippen LogP contribution in [-0.4, -0.2) is 30.6 Å². The van der Waals surface area contributed by atoms with Gasteiger partial charge in [-0.25, -0.2) is 4.39 Å². The molecule has 1 saturated heterocycles. The van der Waals surface area contributed by atoms with E-state index in [1.807, 2.05) is 6.92 Å². The summed E-state index contributed by atoms with van der Waals surface area (Å²) in [5.41, 5.74) is 0. The molecule has 0 aliphatic carbocycles. The van der Waals surface area contributed by atoms with Gasteiger partial charge >= 0.3 is 0 Å². The van der Waals surface area contributed by atoms with E-state index in [0.29, 0.717) is 6.61 Å². The lowest BCUT2D eigenvalue weighted by atomic mass is 9.97. The minimum Gasteiger partial charge on any atom is -0.390 e. The van der Waals surface area contributed by atoms with Gasteiger partial charge in [0.1, 0.15) is 6.67 Å². The molecule has 1 N–H and O–H groups in total. The second-order valence-electron chi connectivity index (χ2n) is 2.75. The summed E-state index contributed by atoms with van der Waals surface area (Å²) < 4.78 is 17.1. The van der Waals surface area contributed by atoms with Crippen LogP contribution in [0.5, 0.6) is 0 Å². The van der Waals surface area contributed by atoms with Gasteiger partial charge in [-0.3, -0.25) is 0 Å². The van der Waals surface area contributed by atoms with Gasteiger partial charge in [0.2, 0.25) is 0 Å². The van der Waals surface area contributed by atoms with Gasteiger partial charge in [-0.15, -0.1) is 0 Å². The van der Waals surface area contributed by atoms with E-state index < -0.39 is 12.8 Å². The zero-order valence-corrected chi connectivity index (χ0v) is 6.09. The lowest BCUT2D eigenvalue weighted by molar-refractivity contribution is 0.0310. The van der Waals surface area contributed by atoms with Crippen molar-refractivity contribution in [2.75, 3.05) is 13.3 Å². The third-order valence-electron chi connectivity index (χ3n) is 2.09. The number of hydrogen-bond donors (Lipinski definition) is 1. The average molecular weight is 148 g/mol. The first-order valence-electron chi connectivity index (χ1n) is 3.61. The molecule has 0 amide bonds. The number of rotatable bonds is 2. The first kappa shape index (κ1) is 7.95. The Morgan fingerprint density at radius 2 is 2.50 bits per heavy atom. The molecule has 60 valence electrons. The number of ether oxygens (including phenoxy) is 1. The summed E-state index contributed by atoms with van der Waals surface area (Å²) in [7, 11) is 0. The Balaban J connectivity index is 2.38. The standard InChI is InChI=1S/C7H13FO2/c1-5-6(2-3-10-5)7(9)4-8/h5-7,9H,2-4H2,1H3. The molecule has 2 nitrogen and oxygen atoms in total. The van der Waals surface area contributed by atoms with Crippen LogP contribution in [0.25, 0.3) is 0 Å². The molecular weight excluding hydrogens is 135 g/mol. The summed E-state index contributed by atoms with van der Waals surface area (Å²) in [5, 5.41) is 9.07. The van der Waals surface area contributed by atoms with Gasteiger partial charge in [-0.1, -0.05) is 0 Å². The van der Waals surface area contributed by atoms with Gasteiger partial charge in [0.05, 0.1) is 12.2 Å². The van der Waals surface area contributed by atoms with Gasteiger partial charge in [0.15, 0.2) is 0 Å². The van der Waals surface area contributed by atoms with Crippen molar-refractivity contribution in [3.8, 4) is 0 Å².